The molecule has 0 amide bonds. The van der Waals surface area contributed by atoms with Crippen LogP contribution in [0.4, 0.5) is 0 Å². The second-order valence-corrected chi connectivity index (χ2v) is 7.49. The third-order valence-electron chi connectivity index (χ3n) is 5.33. The molecule has 0 aliphatic carbocycles. The lowest BCUT2D eigenvalue weighted by Crippen LogP contribution is -2.44. The Balaban J connectivity index is 0.000000366. The molecule has 3 rings (SSSR count). The van der Waals surface area contributed by atoms with Gasteiger partial charge in [-0.1, -0.05) is 0 Å². The molecule has 3 atom stereocenters. The van der Waals surface area contributed by atoms with Crippen molar-refractivity contribution in [2.75, 3.05) is 7.05 Å². The van der Waals surface area contributed by atoms with Gasteiger partial charge in [0, 0.05) is 24.2 Å². The Morgan fingerprint density at radius 1 is 1.10 bits per heavy atom. The minimum Gasteiger partial charge on any atom is -0.479 e. The normalized spacial score (nSPS) is 23.2. The van der Waals surface area contributed by atoms with Crippen LogP contribution < -0.4 is 4.74 Å². The summed E-state index contributed by atoms with van der Waals surface area (Å²) in [5.74, 6) is -2.26. The number of aliphatic carboxylic acids is 2. The van der Waals surface area contributed by atoms with Crippen LogP contribution in [0.2, 0.25) is 0 Å². The van der Waals surface area contributed by atoms with Crippen molar-refractivity contribution < 1.29 is 34.1 Å². The van der Waals surface area contributed by atoms with E-state index in [4.69, 9.17) is 24.9 Å². The highest BCUT2D eigenvalue weighted by molar-refractivity contribution is 5.89. The van der Waals surface area contributed by atoms with Crippen molar-refractivity contribution in [1.82, 2.24) is 4.90 Å². The van der Waals surface area contributed by atoms with Gasteiger partial charge in [-0.2, -0.15) is 5.26 Å². The van der Waals surface area contributed by atoms with Crippen molar-refractivity contribution in [2.24, 2.45) is 0 Å². The molecular formula is C22H26N2O7. The summed E-state index contributed by atoms with van der Waals surface area (Å²) < 4.78 is 11.3. The van der Waals surface area contributed by atoms with E-state index in [9.17, 15) is 14.4 Å². The van der Waals surface area contributed by atoms with Crippen LogP contribution in [0.3, 0.4) is 0 Å². The van der Waals surface area contributed by atoms with Gasteiger partial charge in [-0.05, 0) is 63.9 Å². The number of esters is 1. The molecule has 0 aromatic heterocycles. The van der Waals surface area contributed by atoms with Crippen LogP contribution in [-0.2, 0) is 19.1 Å². The molecule has 1 aromatic rings. The summed E-state index contributed by atoms with van der Waals surface area (Å²) in [6, 6.07) is 9.86. The molecule has 2 aliphatic heterocycles. The van der Waals surface area contributed by atoms with Crippen molar-refractivity contribution in [3.05, 3.63) is 42.0 Å². The van der Waals surface area contributed by atoms with Gasteiger partial charge in [0.05, 0.1) is 11.6 Å². The number of rotatable bonds is 6. The Bertz CT molecular complexity index is 830. The zero-order valence-corrected chi connectivity index (χ0v) is 17.4. The van der Waals surface area contributed by atoms with E-state index in [2.05, 4.69) is 18.0 Å². The predicted octanol–water partition coefficient (Wildman–Crippen LogP) is 2.21. The first-order valence-corrected chi connectivity index (χ1v) is 9.92. The highest BCUT2D eigenvalue weighted by Gasteiger charge is 2.40. The zero-order chi connectivity index (χ0) is 23.0. The predicted molar refractivity (Wildman–Crippen MR) is 109 cm³/mol. The first-order chi connectivity index (χ1) is 14.7. The number of carbonyl (C=O) groups excluding carboxylic acids is 1. The van der Waals surface area contributed by atoms with Crippen molar-refractivity contribution in [3.8, 4) is 11.8 Å². The quantitative estimate of drug-likeness (QED) is 0.514. The van der Waals surface area contributed by atoms with Crippen molar-refractivity contribution in [2.45, 2.75) is 56.9 Å². The van der Waals surface area contributed by atoms with Crippen LogP contribution in [-0.4, -0.2) is 64.4 Å². The summed E-state index contributed by atoms with van der Waals surface area (Å²) in [4.78, 5) is 33.8. The Kier molecular flexibility index (Phi) is 8.58. The third-order valence-corrected chi connectivity index (χ3v) is 5.33. The molecule has 0 saturated carbocycles. The van der Waals surface area contributed by atoms with Gasteiger partial charge in [0.25, 0.3) is 0 Å². The number of hydrogen-bond acceptors (Lipinski definition) is 7. The summed E-state index contributed by atoms with van der Waals surface area (Å²) in [7, 11) is 2.16. The summed E-state index contributed by atoms with van der Waals surface area (Å²) in [6.07, 6.45) is 4.71. The van der Waals surface area contributed by atoms with Gasteiger partial charge < -0.3 is 24.6 Å². The van der Waals surface area contributed by atoms with Crippen LogP contribution in [0.5, 0.6) is 5.75 Å². The number of carboxylic acids is 2. The van der Waals surface area contributed by atoms with Crippen molar-refractivity contribution >= 4 is 17.9 Å². The standard InChI is InChI=1S/C18H22N2O3.C4H4O4/c1-12(22-16-7-3-13(11-19)4-8-16)18(21)23-17-9-14-5-6-15(10-17)20(14)2;5-3(6)1-2-4(7)8/h3-4,7-8,12,14-15,17H,5-6,9-10H2,1-2H3;1-2H,(H,5,6)(H,7,8)/b;2-1-. The Labute approximate surface area is 180 Å². The minimum absolute atomic E-state index is 0.00298. The molecule has 9 heteroatoms. The lowest BCUT2D eigenvalue weighted by Gasteiger charge is -2.36. The van der Waals surface area contributed by atoms with Gasteiger partial charge >= 0.3 is 17.9 Å². The number of carbonyl (C=O) groups is 3. The van der Waals surface area contributed by atoms with Gasteiger partial charge in [-0.15, -0.1) is 0 Å². The Hall–Kier alpha value is -3.38. The van der Waals surface area contributed by atoms with Crippen LogP contribution in [0.25, 0.3) is 0 Å². The molecule has 0 radical (unpaired) electrons. The fraction of sp³-hybridized carbons (Fsp3) is 0.455. The SMILES string of the molecule is CC(Oc1ccc(C#N)cc1)C(=O)OC1CC2CCC(C1)N2C.O=C(O)/C=C\C(=O)O. The van der Waals surface area contributed by atoms with Gasteiger partial charge in [-0.3, -0.25) is 0 Å². The summed E-state index contributed by atoms with van der Waals surface area (Å²) in [5, 5.41) is 24.4. The van der Waals surface area contributed by atoms with Crippen molar-refractivity contribution in [1.29, 1.82) is 5.26 Å². The van der Waals surface area contributed by atoms with E-state index >= 15 is 0 Å². The number of nitrogens with zero attached hydrogens (tertiary/aromatic N) is 2. The fourth-order valence-corrected chi connectivity index (χ4v) is 3.72. The van der Waals surface area contributed by atoms with E-state index in [-0.39, 0.29) is 12.1 Å². The molecule has 2 fully saturated rings. The van der Waals surface area contributed by atoms with E-state index in [1.165, 1.54) is 12.8 Å². The highest BCUT2D eigenvalue weighted by Crippen LogP contribution is 2.35. The highest BCUT2D eigenvalue weighted by atomic mass is 16.6. The van der Waals surface area contributed by atoms with Crippen LogP contribution >= 0.6 is 0 Å². The van der Waals surface area contributed by atoms with E-state index in [1.54, 1.807) is 31.2 Å². The molecule has 2 N–H and O–H groups in total. The second kappa shape index (κ2) is 11.1. The summed E-state index contributed by atoms with van der Waals surface area (Å²) in [5.41, 5.74) is 0.564. The Morgan fingerprint density at radius 3 is 2.06 bits per heavy atom. The molecule has 2 aliphatic rings. The molecule has 166 valence electrons. The van der Waals surface area contributed by atoms with Crippen LogP contribution in [0.1, 0.15) is 38.2 Å². The molecular weight excluding hydrogens is 404 g/mol. The van der Waals surface area contributed by atoms with Crippen LogP contribution in [0, 0.1) is 11.3 Å². The first kappa shape index (κ1) is 23.9. The number of nitriles is 1. The number of piperidine rings is 1. The number of benzene rings is 1. The lowest BCUT2D eigenvalue weighted by atomic mass is 10.0. The summed E-state index contributed by atoms with van der Waals surface area (Å²) >= 11 is 0. The average molecular weight is 430 g/mol. The van der Waals surface area contributed by atoms with Gasteiger partial charge in [0.1, 0.15) is 11.9 Å². The summed E-state index contributed by atoms with van der Waals surface area (Å²) in [6.45, 7) is 1.70. The number of ether oxygens (including phenoxy) is 2. The lowest BCUT2D eigenvalue weighted by molar-refractivity contribution is -0.160. The van der Waals surface area contributed by atoms with Gasteiger partial charge in [0.15, 0.2) is 6.10 Å². The van der Waals surface area contributed by atoms with Crippen molar-refractivity contribution in [3.63, 3.8) is 0 Å². The largest absolute Gasteiger partial charge is 0.479 e. The molecule has 9 nitrogen and oxygen atoms in total. The molecule has 31 heavy (non-hydrogen) atoms. The van der Waals surface area contributed by atoms with E-state index in [1.807, 2.05) is 0 Å². The monoisotopic (exact) mass is 430 g/mol. The first-order valence-electron chi connectivity index (χ1n) is 9.92. The number of carboxylic acid groups (broad SMARTS) is 2. The Morgan fingerprint density at radius 2 is 1.61 bits per heavy atom. The number of hydrogen-bond donors (Lipinski definition) is 2. The minimum atomic E-state index is -1.26. The molecule has 2 saturated heterocycles. The fourth-order valence-electron chi connectivity index (χ4n) is 3.72. The van der Waals surface area contributed by atoms with Gasteiger partial charge in [-0.25, -0.2) is 14.4 Å². The topological polar surface area (TPSA) is 137 Å². The van der Waals surface area contributed by atoms with E-state index < -0.39 is 18.0 Å². The molecule has 1 aromatic carbocycles. The maximum atomic E-state index is 12.2. The second-order valence-electron chi connectivity index (χ2n) is 7.49. The van der Waals surface area contributed by atoms with Gasteiger partial charge in [0.2, 0.25) is 0 Å². The van der Waals surface area contributed by atoms with E-state index in [0.717, 1.165) is 12.8 Å². The molecule has 2 heterocycles. The number of fused-ring (bicyclic) bond motifs is 2. The molecule has 2 bridgehead atoms. The third kappa shape index (κ3) is 7.42. The molecule has 0 spiro atoms. The molecule has 3 unspecified atom stereocenters. The van der Waals surface area contributed by atoms with Crippen LogP contribution in [0.15, 0.2) is 36.4 Å². The maximum absolute atomic E-state index is 12.2. The zero-order valence-electron chi connectivity index (χ0n) is 17.4. The average Bonchev–Trinajstić information content (AvgIpc) is 2.93. The maximum Gasteiger partial charge on any atom is 0.347 e. The van der Waals surface area contributed by atoms with E-state index in [0.29, 0.717) is 35.5 Å². The smallest absolute Gasteiger partial charge is 0.347 e.